The maximum absolute atomic E-state index is 12.1. The molecule has 0 radical (unpaired) electrons. The smallest absolute Gasteiger partial charge is 0.259 e. The number of nitrogens with two attached hydrogens (primary N) is 1. The largest absolute Gasteiger partial charge is 0.409 e. The Morgan fingerprint density at radius 2 is 1.79 bits per heavy atom. The molecular weight excluding hydrogens is 287 g/mol. The molecule has 0 aromatic heterocycles. The number of nitrogens with one attached hydrogen (secondary N) is 1. The summed E-state index contributed by atoms with van der Waals surface area (Å²) in [7, 11) is 0. The molecule has 0 aliphatic carbocycles. The summed E-state index contributed by atoms with van der Waals surface area (Å²) in [5.74, 6) is 4.79. The first-order valence-electron chi connectivity index (χ1n) is 5.34. The van der Waals surface area contributed by atoms with Crippen LogP contribution in [0, 0.1) is 0 Å². The Morgan fingerprint density at radius 3 is 2.42 bits per heavy atom. The van der Waals surface area contributed by atoms with Gasteiger partial charge in [0, 0.05) is 5.69 Å². The van der Waals surface area contributed by atoms with Gasteiger partial charge in [0.05, 0.1) is 10.6 Å². The normalized spacial score (nSPS) is 10.1. The van der Waals surface area contributed by atoms with Gasteiger partial charge in [0.25, 0.3) is 5.91 Å². The number of para-hydroxylation sites is 1. The van der Waals surface area contributed by atoms with E-state index in [0.717, 1.165) is 0 Å². The zero-order valence-corrected chi connectivity index (χ0v) is 11.2. The monoisotopic (exact) mass is 296 g/mol. The number of carbonyl (C=O) groups is 1. The van der Waals surface area contributed by atoms with Crippen LogP contribution < -0.4 is 16.1 Å². The van der Waals surface area contributed by atoms with Crippen LogP contribution in [0.3, 0.4) is 0 Å². The predicted octanol–water partition coefficient (Wildman–Crippen LogP) is 3.50. The van der Waals surface area contributed by atoms with Crippen molar-refractivity contribution in [2.45, 2.75) is 0 Å². The number of amides is 1. The van der Waals surface area contributed by atoms with E-state index in [0.29, 0.717) is 5.69 Å². The highest BCUT2D eigenvalue weighted by Gasteiger charge is 2.18. The standard InChI is InChI=1S/C13H10Cl2N2O2/c14-10-7-6-9(12(19-16)11(10)15)13(18)17-8-4-2-1-3-5-8/h1-7H,16H2,(H,17,18). The Labute approximate surface area is 120 Å². The molecule has 2 aromatic rings. The Kier molecular flexibility index (Phi) is 4.27. The fourth-order valence-corrected chi connectivity index (χ4v) is 1.90. The number of hydrogen-bond acceptors (Lipinski definition) is 3. The zero-order chi connectivity index (χ0) is 13.8. The predicted molar refractivity (Wildman–Crippen MR) is 75.7 cm³/mol. The second kappa shape index (κ2) is 5.93. The minimum Gasteiger partial charge on any atom is -0.409 e. The minimum absolute atomic E-state index is 0.0441. The van der Waals surface area contributed by atoms with Gasteiger partial charge in [-0.1, -0.05) is 41.4 Å². The Hall–Kier alpha value is -1.75. The van der Waals surface area contributed by atoms with Crippen LogP contribution in [-0.4, -0.2) is 5.91 Å². The van der Waals surface area contributed by atoms with Crippen LogP contribution >= 0.6 is 23.2 Å². The molecule has 0 unspecified atom stereocenters. The molecule has 0 aliphatic heterocycles. The molecule has 0 saturated carbocycles. The quantitative estimate of drug-likeness (QED) is 0.852. The third-order valence-electron chi connectivity index (χ3n) is 2.44. The van der Waals surface area contributed by atoms with Gasteiger partial charge in [-0.15, -0.1) is 0 Å². The van der Waals surface area contributed by atoms with E-state index in [1.165, 1.54) is 12.1 Å². The first kappa shape index (κ1) is 13.7. The maximum Gasteiger partial charge on any atom is 0.259 e. The van der Waals surface area contributed by atoms with E-state index in [9.17, 15) is 4.79 Å². The molecule has 19 heavy (non-hydrogen) atoms. The Balaban J connectivity index is 2.32. The highest BCUT2D eigenvalue weighted by atomic mass is 35.5. The molecule has 2 aromatic carbocycles. The molecule has 6 heteroatoms. The van der Waals surface area contributed by atoms with Crippen molar-refractivity contribution < 1.29 is 9.63 Å². The third-order valence-corrected chi connectivity index (χ3v) is 3.23. The van der Waals surface area contributed by atoms with Gasteiger partial charge in [-0.05, 0) is 24.3 Å². The van der Waals surface area contributed by atoms with E-state index >= 15 is 0 Å². The molecule has 4 nitrogen and oxygen atoms in total. The first-order chi connectivity index (χ1) is 9.13. The highest BCUT2D eigenvalue weighted by Crippen LogP contribution is 2.34. The van der Waals surface area contributed by atoms with Gasteiger partial charge < -0.3 is 10.2 Å². The van der Waals surface area contributed by atoms with Crippen molar-refractivity contribution in [1.82, 2.24) is 0 Å². The SMILES string of the molecule is NOc1c(C(=O)Nc2ccccc2)ccc(Cl)c1Cl. The van der Waals surface area contributed by atoms with E-state index < -0.39 is 0 Å². The molecule has 2 rings (SSSR count). The molecular formula is C13H10Cl2N2O2. The van der Waals surface area contributed by atoms with Crippen molar-refractivity contribution >= 4 is 34.8 Å². The lowest BCUT2D eigenvalue weighted by Gasteiger charge is -2.10. The summed E-state index contributed by atoms with van der Waals surface area (Å²) < 4.78 is 0. The molecule has 98 valence electrons. The minimum atomic E-state index is -0.384. The summed E-state index contributed by atoms with van der Waals surface area (Å²) in [6.45, 7) is 0. The van der Waals surface area contributed by atoms with Gasteiger partial charge in [-0.2, -0.15) is 5.90 Å². The van der Waals surface area contributed by atoms with Gasteiger partial charge in [0.1, 0.15) is 5.02 Å². The van der Waals surface area contributed by atoms with Crippen LogP contribution in [-0.2, 0) is 0 Å². The van der Waals surface area contributed by atoms with Crippen molar-refractivity contribution in [3.8, 4) is 5.75 Å². The molecule has 0 saturated heterocycles. The van der Waals surface area contributed by atoms with Crippen LogP contribution in [0.1, 0.15) is 10.4 Å². The van der Waals surface area contributed by atoms with Crippen molar-refractivity contribution in [3.05, 3.63) is 58.1 Å². The van der Waals surface area contributed by atoms with E-state index in [-0.39, 0.29) is 27.3 Å². The summed E-state index contributed by atoms with van der Waals surface area (Å²) >= 11 is 11.8. The number of hydrogen-bond donors (Lipinski definition) is 2. The number of halogens is 2. The third kappa shape index (κ3) is 2.98. The second-order valence-corrected chi connectivity index (χ2v) is 4.46. The molecule has 0 aliphatic rings. The molecule has 0 spiro atoms. The van der Waals surface area contributed by atoms with Gasteiger partial charge in [0.15, 0.2) is 5.75 Å². The van der Waals surface area contributed by atoms with Crippen LogP contribution in [0.2, 0.25) is 10.0 Å². The lowest BCUT2D eigenvalue weighted by atomic mass is 10.2. The topological polar surface area (TPSA) is 64.3 Å². The van der Waals surface area contributed by atoms with Gasteiger partial charge in [-0.25, -0.2) is 0 Å². The molecule has 0 atom stereocenters. The van der Waals surface area contributed by atoms with Gasteiger partial charge in [0.2, 0.25) is 0 Å². The lowest BCUT2D eigenvalue weighted by molar-refractivity contribution is 0.102. The first-order valence-corrected chi connectivity index (χ1v) is 6.10. The number of anilines is 1. The number of benzene rings is 2. The van der Waals surface area contributed by atoms with E-state index in [4.69, 9.17) is 29.1 Å². The van der Waals surface area contributed by atoms with E-state index in [2.05, 4.69) is 10.2 Å². The zero-order valence-electron chi connectivity index (χ0n) is 9.69. The average molecular weight is 297 g/mol. The van der Waals surface area contributed by atoms with Crippen LogP contribution in [0.15, 0.2) is 42.5 Å². The average Bonchev–Trinajstić information content (AvgIpc) is 2.42. The molecule has 0 fully saturated rings. The van der Waals surface area contributed by atoms with Crippen LogP contribution in [0.4, 0.5) is 5.69 Å². The number of rotatable bonds is 3. The van der Waals surface area contributed by atoms with Crippen LogP contribution in [0.5, 0.6) is 5.75 Å². The van der Waals surface area contributed by atoms with E-state index in [1.807, 2.05) is 18.2 Å². The summed E-state index contributed by atoms with van der Waals surface area (Å²) in [6, 6.07) is 12.0. The number of carbonyl (C=O) groups excluding carboxylic acids is 1. The van der Waals surface area contributed by atoms with Crippen molar-refractivity contribution in [3.63, 3.8) is 0 Å². The molecule has 1 amide bonds. The summed E-state index contributed by atoms with van der Waals surface area (Å²) in [6.07, 6.45) is 0. The van der Waals surface area contributed by atoms with E-state index in [1.54, 1.807) is 12.1 Å². The lowest BCUT2D eigenvalue weighted by Crippen LogP contribution is -2.15. The van der Waals surface area contributed by atoms with Crippen molar-refractivity contribution in [2.24, 2.45) is 5.90 Å². The fourth-order valence-electron chi connectivity index (χ4n) is 1.55. The highest BCUT2D eigenvalue weighted by molar-refractivity contribution is 6.43. The van der Waals surface area contributed by atoms with Crippen molar-refractivity contribution in [1.29, 1.82) is 0 Å². The fraction of sp³-hybridized carbons (Fsp3) is 0. The Bertz CT molecular complexity index is 603. The molecule has 0 bridgehead atoms. The van der Waals surface area contributed by atoms with Crippen molar-refractivity contribution in [2.75, 3.05) is 5.32 Å². The molecule has 3 N–H and O–H groups in total. The summed E-state index contributed by atoms with van der Waals surface area (Å²) in [5.41, 5.74) is 0.863. The van der Waals surface area contributed by atoms with Gasteiger partial charge in [-0.3, -0.25) is 4.79 Å². The Morgan fingerprint density at radius 1 is 1.11 bits per heavy atom. The maximum atomic E-state index is 12.1. The van der Waals surface area contributed by atoms with Gasteiger partial charge >= 0.3 is 0 Å². The molecule has 0 heterocycles. The second-order valence-electron chi connectivity index (χ2n) is 3.68. The summed E-state index contributed by atoms with van der Waals surface area (Å²) in [4.78, 5) is 16.7. The van der Waals surface area contributed by atoms with Crippen LogP contribution in [0.25, 0.3) is 0 Å². The summed E-state index contributed by atoms with van der Waals surface area (Å²) in [5, 5.41) is 3.07.